The van der Waals surface area contributed by atoms with Gasteiger partial charge in [0.25, 0.3) is 5.91 Å². The van der Waals surface area contributed by atoms with Crippen molar-refractivity contribution in [2.24, 2.45) is 10.2 Å². The largest absolute Gasteiger partial charge is 0.478 e. The summed E-state index contributed by atoms with van der Waals surface area (Å²) in [4.78, 5) is 22.3. The van der Waals surface area contributed by atoms with Gasteiger partial charge in [-0.15, -0.1) is 0 Å². The molecule has 2 N–H and O–H groups in total. The quantitative estimate of drug-likeness (QED) is 0.652. The van der Waals surface area contributed by atoms with E-state index in [2.05, 4.69) is 15.5 Å². The summed E-state index contributed by atoms with van der Waals surface area (Å²) in [6.07, 6.45) is 0. The highest BCUT2D eigenvalue weighted by molar-refractivity contribution is 8.24. The van der Waals surface area contributed by atoms with E-state index in [0.717, 1.165) is 11.8 Å². The summed E-state index contributed by atoms with van der Waals surface area (Å²) >= 11 is 5.88. The lowest BCUT2D eigenvalue weighted by atomic mass is 10.2. The molecule has 18 heavy (non-hydrogen) atoms. The van der Waals surface area contributed by atoms with Crippen LogP contribution >= 0.6 is 24.0 Å². The minimum absolute atomic E-state index is 0.0345. The minimum atomic E-state index is -1.09. The number of nitrogens with one attached hydrogen (secondary N) is 1. The van der Waals surface area contributed by atoms with Crippen LogP contribution in [0, 0.1) is 0 Å². The Labute approximate surface area is 111 Å². The number of carbonyl (C=O) groups excluding carboxylic acids is 1. The van der Waals surface area contributed by atoms with Crippen LogP contribution in [-0.4, -0.2) is 26.7 Å². The zero-order valence-electron chi connectivity index (χ0n) is 8.86. The van der Waals surface area contributed by atoms with Gasteiger partial charge >= 0.3 is 5.97 Å². The third-order valence-corrected chi connectivity index (χ3v) is 3.31. The SMILES string of the molecule is O=C(O)c1ccccc1N=NC1SC(=S)NC1=O. The third kappa shape index (κ3) is 2.71. The molecule has 0 saturated carbocycles. The van der Waals surface area contributed by atoms with Crippen LogP contribution in [0.15, 0.2) is 34.5 Å². The fourth-order valence-electron chi connectivity index (χ4n) is 1.28. The Kier molecular flexibility index (Phi) is 3.68. The highest BCUT2D eigenvalue weighted by Crippen LogP contribution is 2.24. The van der Waals surface area contributed by atoms with Crippen molar-refractivity contribution >= 4 is 45.9 Å². The molecule has 0 bridgehead atoms. The number of azo groups is 1. The molecule has 0 spiro atoms. The maximum Gasteiger partial charge on any atom is 0.337 e. The molecule has 1 aromatic rings. The lowest BCUT2D eigenvalue weighted by molar-refractivity contribution is -0.118. The number of thiocarbonyl (C=S) groups is 1. The van der Waals surface area contributed by atoms with Gasteiger partial charge in [-0.3, -0.25) is 4.79 Å². The van der Waals surface area contributed by atoms with Gasteiger partial charge in [0.1, 0.15) is 4.32 Å². The van der Waals surface area contributed by atoms with E-state index in [1.54, 1.807) is 12.1 Å². The van der Waals surface area contributed by atoms with Gasteiger partial charge < -0.3 is 10.4 Å². The Morgan fingerprint density at radius 1 is 1.44 bits per heavy atom. The summed E-state index contributed by atoms with van der Waals surface area (Å²) in [6, 6.07) is 6.17. The van der Waals surface area contributed by atoms with E-state index >= 15 is 0 Å². The summed E-state index contributed by atoms with van der Waals surface area (Å²) in [5.41, 5.74) is 0.239. The number of aromatic carboxylic acids is 1. The molecule has 1 aromatic carbocycles. The van der Waals surface area contributed by atoms with E-state index in [0.29, 0.717) is 4.32 Å². The zero-order valence-corrected chi connectivity index (χ0v) is 10.5. The van der Waals surface area contributed by atoms with E-state index < -0.39 is 11.3 Å². The molecule has 1 fully saturated rings. The Hall–Kier alpha value is -1.80. The Bertz CT molecular complexity index is 559. The van der Waals surface area contributed by atoms with Gasteiger partial charge in [0.05, 0.1) is 11.3 Å². The maximum atomic E-state index is 11.3. The van der Waals surface area contributed by atoms with Crippen molar-refractivity contribution in [1.29, 1.82) is 0 Å². The fraction of sp³-hybridized carbons (Fsp3) is 0.100. The van der Waals surface area contributed by atoms with Crippen LogP contribution in [0.4, 0.5) is 5.69 Å². The van der Waals surface area contributed by atoms with Gasteiger partial charge in [-0.2, -0.15) is 10.2 Å². The first-order chi connectivity index (χ1) is 8.58. The molecule has 1 aliphatic rings. The number of amides is 1. The summed E-state index contributed by atoms with van der Waals surface area (Å²) in [5, 5.41) is 18.2. The normalized spacial score (nSPS) is 19.2. The van der Waals surface area contributed by atoms with E-state index in [9.17, 15) is 9.59 Å². The van der Waals surface area contributed by atoms with Gasteiger partial charge in [0.15, 0.2) is 0 Å². The summed E-state index contributed by atoms with van der Waals surface area (Å²) in [5.74, 6) is -1.44. The van der Waals surface area contributed by atoms with Crippen LogP contribution in [0.25, 0.3) is 0 Å². The molecule has 0 radical (unpaired) electrons. The molecule has 1 amide bonds. The predicted molar refractivity (Wildman–Crippen MR) is 70.0 cm³/mol. The molecular formula is C10H7N3O3S2. The average Bonchev–Trinajstić information content (AvgIpc) is 2.65. The van der Waals surface area contributed by atoms with E-state index in [1.807, 2.05) is 0 Å². The van der Waals surface area contributed by atoms with E-state index in [-0.39, 0.29) is 17.2 Å². The lowest BCUT2D eigenvalue weighted by Gasteiger charge is -1.99. The minimum Gasteiger partial charge on any atom is -0.478 e. The number of hydrogen-bond acceptors (Lipinski definition) is 6. The number of nitrogens with zero attached hydrogens (tertiary/aromatic N) is 2. The Balaban J connectivity index is 2.21. The summed E-state index contributed by atoms with van der Waals surface area (Å²) < 4.78 is 0.343. The Morgan fingerprint density at radius 2 is 2.17 bits per heavy atom. The average molecular weight is 281 g/mol. The fourth-order valence-corrected chi connectivity index (χ4v) is 2.28. The second-order valence-corrected chi connectivity index (χ2v) is 5.04. The van der Waals surface area contributed by atoms with Gasteiger partial charge in [0.2, 0.25) is 5.37 Å². The lowest BCUT2D eigenvalue weighted by Crippen LogP contribution is -2.22. The summed E-state index contributed by atoms with van der Waals surface area (Å²) in [7, 11) is 0. The van der Waals surface area contributed by atoms with Crippen molar-refractivity contribution in [3.05, 3.63) is 29.8 Å². The second kappa shape index (κ2) is 5.23. The van der Waals surface area contributed by atoms with Crippen LogP contribution in [0.5, 0.6) is 0 Å². The van der Waals surface area contributed by atoms with Gasteiger partial charge in [-0.05, 0) is 12.1 Å². The van der Waals surface area contributed by atoms with Crippen molar-refractivity contribution in [1.82, 2.24) is 5.32 Å². The van der Waals surface area contributed by atoms with E-state index in [4.69, 9.17) is 17.3 Å². The molecule has 1 unspecified atom stereocenters. The molecule has 6 nitrogen and oxygen atoms in total. The smallest absolute Gasteiger partial charge is 0.337 e. The molecule has 8 heteroatoms. The van der Waals surface area contributed by atoms with Gasteiger partial charge in [-0.1, -0.05) is 36.1 Å². The first kappa shape index (κ1) is 12.7. The number of benzene rings is 1. The van der Waals surface area contributed by atoms with Crippen LogP contribution in [0.3, 0.4) is 0 Å². The first-order valence-corrected chi connectivity index (χ1v) is 6.11. The highest BCUT2D eigenvalue weighted by Gasteiger charge is 2.29. The number of carbonyl (C=O) groups is 2. The van der Waals surface area contributed by atoms with Crippen molar-refractivity contribution in [3.63, 3.8) is 0 Å². The summed E-state index contributed by atoms with van der Waals surface area (Å²) in [6.45, 7) is 0. The van der Waals surface area contributed by atoms with Crippen molar-refractivity contribution in [2.45, 2.75) is 5.37 Å². The molecule has 92 valence electrons. The number of rotatable bonds is 3. The van der Waals surface area contributed by atoms with Crippen molar-refractivity contribution in [2.75, 3.05) is 0 Å². The maximum absolute atomic E-state index is 11.3. The molecule has 0 aliphatic carbocycles. The van der Waals surface area contributed by atoms with E-state index in [1.165, 1.54) is 12.1 Å². The number of carboxylic acids is 1. The number of carboxylic acid groups (broad SMARTS) is 1. The van der Waals surface area contributed by atoms with Gasteiger partial charge in [-0.25, -0.2) is 4.79 Å². The molecule has 2 rings (SSSR count). The Morgan fingerprint density at radius 3 is 2.78 bits per heavy atom. The molecule has 1 aliphatic heterocycles. The highest BCUT2D eigenvalue weighted by atomic mass is 32.2. The molecule has 0 aromatic heterocycles. The molecule has 1 saturated heterocycles. The van der Waals surface area contributed by atoms with Crippen LogP contribution in [-0.2, 0) is 4.79 Å². The second-order valence-electron chi connectivity index (χ2n) is 3.28. The van der Waals surface area contributed by atoms with Crippen LogP contribution < -0.4 is 5.32 Å². The van der Waals surface area contributed by atoms with Crippen molar-refractivity contribution in [3.8, 4) is 0 Å². The van der Waals surface area contributed by atoms with Crippen LogP contribution in [0.2, 0.25) is 0 Å². The predicted octanol–water partition coefficient (Wildman–Crippen LogP) is 1.94. The molecule has 1 heterocycles. The van der Waals surface area contributed by atoms with Crippen molar-refractivity contribution < 1.29 is 14.7 Å². The molecular weight excluding hydrogens is 274 g/mol. The standard InChI is InChI=1S/C10H7N3O3S2/c14-7-8(18-10(17)11-7)13-12-6-4-2-1-3-5(6)9(15)16/h1-4,8H,(H,15,16)(H,11,14,17). The number of hydrogen-bond donors (Lipinski definition) is 2. The van der Waals surface area contributed by atoms with Gasteiger partial charge in [0, 0.05) is 0 Å². The number of thioether (sulfide) groups is 1. The molecule has 1 atom stereocenters. The first-order valence-electron chi connectivity index (χ1n) is 4.82. The third-order valence-electron chi connectivity index (χ3n) is 2.07. The topological polar surface area (TPSA) is 91.1 Å². The zero-order chi connectivity index (χ0) is 13.1. The monoisotopic (exact) mass is 281 g/mol. The van der Waals surface area contributed by atoms with Crippen LogP contribution in [0.1, 0.15) is 10.4 Å².